The molecule has 1 aromatic rings. The summed E-state index contributed by atoms with van der Waals surface area (Å²) >= 11 is 1.41. The Morgan fingerprint density at radius 2 is 2.08 bits per heavy atom. The number of hydrogen-bond acceptors (Lipinski definition) is 6. The molecule has 3 rings (SSSR count). The molecule has 7 nitrogen and oxygen atoms in total. The number of nitrogens with zero attached hydrogens (tertiary/aromatic N) is 4. The number of thioether (sulfide) groups is 1. The highest BCUT2D eigenvalue weighted by atomic mass is 32.2. The molecule has 0 unspecified atom stereocenters. The summed E-state index contributed by atoms with van der Waals surface area (Å²) in [7, 11) is -3.02. The molecule has 1 amide bonds. The monoisotopic (exact) mass is 386 g/mol. The highest BCUT2D eigenvalue weighted by Gasteiger charge is 2.36. The molecule has 1 aromatic heterocycles. The van der Waals surface area contributed by atoms with Crippen molar-refractivity contribution in [1.29, 1.82) is 0 Å². The molecule has 1 aliphatic heterocycles. The SMILES string of the molecule is CC[C@H](C)N(C(=O)CSc1nnc(C)n1C1CC1)[C@H]1CCS(=O)(=O)C1. The topological polar surface area (TPSA) is 85.2 Å². The molecule has 0 radical (unpaired) electrons. The van der Waals surface area contributed by atoms with E-state index in [4.69, 9.17) is 0 Å². The van der Waals surface area contributed by atoms with Gasteiger partial charge in [-0.25, -0.2) is 8.42 Å². The summed E-state index contributed by atoms with van der Waals surface area (Å²) in [6, 6.07) is 0.309. The van der Waals surface area contributed by atoms with E-state index in [2.05, 4.69) is 14.8 Å². The smallest absolute Gasteiger partial charge is 0.233 e. The minimum absolute atomic E-state index is 0.00977. The molecule has 0 aromatic carbocycles. The number of hydrogen-bond donors (Lipinski definition) is 0. The predicted octanol–water partition coefficient (Wildman–Crippen LogP) is 1.83. The lowest BCUT2D eigenvalue weighted by molar-refractivity contribution is -0.132. The predicted molar refractivity (Wildman–Crippen MR) is 97.4 cm³/mol. The van der Waals surface area contributed by atoms with Crippen molar-refractivity contribution in [2.24, 2.45) is 0 Å². The summed E-state index contributed by atoms with van der Waals surface area (Å²) in [5, 5.41) is 9.13. The van der Waals surface area contributed by atoms with Crippen molar-refractivity contribution < 1.29 is 13.2 Å². The zero-order valence-electron chi connectivity index (χ0n) is 15.0. The van der Waals surface area contributed by atoms with Gasteiger partial charge in [-0.15, -0.1) is 10.2 Å². The van der Waals surface area contributed by atoms with Crippen molar-refractivity contribution in [3.63, 3.8) is 0 Å². The largest absolute Gasteiger partial charge is 0.335 e. The first-order valence-electron chi connectivity index (χ1n) is 8.88. The maximum absolute atomic E-state index is 12.9. The van der Waals surface area contributed by atoms with Crippen molar-refractivity contribution in [2.75, 3.05) is 17.3 Å². The summed E-state index contributed by atoms with van der Waals surface area (Å²) < 4.78 is 25.8. The van der Waals surface area contributed by atoms with Gasteiger partial charge in [0.05, 0.1) is 17.3 Å². The fourth-order valence-corrected chi connectivity index (χ4v) is 6.03. The Bertz CT molecular complexity index is 743. The number of carbonyl (C=O) groups excluding carboxylic acids is 1. The van der Waals surface area contributed by atoms with E-state index in [0.717, 1.165) is 30.2 Å². The quantitative estimate of drug-likeness (QED) is 0.665. The molecule has 1 saturated carbocycles. The molecule has 1 aliphatic carbocycles. The Kier molecular flexibility index (Phi) is 5.43. The number of aryl methyl sites for hydroxylation is 1. The lowest BCUT2D eigenvalue weighted by atomic mass is 10.1. The van der Waals surface area contributed by atoms with E-state index in [1.54, 1.807) is 4.90 Å². The molecule has 2 atom stereocenters. The third-order valence-electron chi connectivity index (χ3n) is 5.03. The average Bonchev–Trinajstić information content (AvgIpc) is 3.24. The van der Waals surface area contributed by atoms with Crippen LogP contribution in [0.15, 0.2) is 5.16 Å². The summed E-state index contributed by atoms with van der Waals surface area (Å²) in [4.78, 5) is 14.7. The van der Waals surface area contributed by atoms with Crippen molar-refractivity contribution in [3.05, 3.63) is 5.82 Å². The van der Waals surface area contributed by atoms with Crippen molar-refractivity contribution >= 4 is 27.5 Å². The molecule has 0 bridgehead atoms. The van der Waals surface area contributed by atoms with Gasteiger partial charge in [0, 0.05) is 18.1 Å². The van der Waals surface area contributed by atoms with E-state index in [0.29, 0.717) is 12.5 Å². The second-order valence-electron chi connectivity index (χ2n) is 7.03. The van der Waals surface area contributed by atoms with Gasteiger partial charge >= 0.3 is 0 Å². The zero-order chi connectivity index (χ0) is 18.2. The molecule has 0 spiro atoms. The number of amides is 1. The molecule has 0 N–H and O–H groups in total. The van der Waals surface area contributed by atoms with Gasteiger partial charge in [0.25, 0.3) is 0 Å². The van der Waals surface area contributed by atoms with Gasteiger partial charge in [-0.3, -0.25) is 4.79 Å². The fourth-order valence-electron chi connectivity index (χ4n) is 3.40. The minimum Gasteiger partial charge on any atom is -0.335 e. The molecule has 2 aliphatic rings. The third-order valence-corrected chi connectivity index (χ3v) is 7.71. The summed E-state index contributed by atoms with van der Waals surface area (Å²) in [5.74, 6) is 1.42. The molecule has 1 saturated heterocycles. The van der Waals surface area contributed by atoms with Gasteiger partial charge in [0.2, 0.25) is 5.91 Å². The first kappa shape index (κ1) is 18.7. The average molecular weight is 387 g/mol. The molecule has 2 fully saturated rings. The van der Waals surface area contributed by atoms with Gasteiger partial charge in [0.1, 0.15) is 5.82 Å². The van der Waals surface area contributed by atoms with Crippen LogP contribution in [-0.4, -0.2) is 63.3 Å². The maximum Gasteiger partial charge on any atom is 0.233 e. The van der Waals surface area contributed by atoms with Crippen LogP contribution in [0.1, 0.15) is 51.4 Å². The van der Waals surface area contributed by atoms with Crippen molar-refractivity contribution in [1.82, 2.24) is 19.7 Å². The lowest BCUT2D eigenvalue weighted by Gasteiger charge is -2.33. The number of sulfone groups is 1. The van der Waals surface area contributed by atoms with Crippen LogP contribution in [0.2, 0.25) is 0 Å². The van der Waals surface area contributed by atoms with Crippen LogP contribution < -0.4 is 0 Å². The number of aromatic nitrogens is 3. The first-order chi connectivity index (χ1) is 11.8. The van der Waals surface area contributed by atoms with E-state index < -0.39 is 9.84 Å². The van der Waals surface area contributed by atoms with Crippen molar-refractivity contribution in [3.8, 4) is 0 Å². The first-order valence-corrected chi connectivity index (χ1v) is 11.7. The van der Waals surface area contributed by atoms with Crippen LogP contribution in [0, 0.1) is 6.92 Å². The molecular formula is C16H26N4O3S2. The maximum atomic E-state index is 12.9. The van der Waals surface area contributed by atoms with Crippen molar-refractivity contribution in [2.45, 2.75) is 69.7 Å². The highest BCUT2D eigenvalue weighted by molar-refractivity contribution is 7.99. The zero-order valence-corrected chi connectivity index (χ0v) is 16.6. The molecular weight excluding hydrogens is 360 g/mol. The fraction of sp³-hybridized carbons (Fsp3) is 0.812. The number of rotatable bonds is 7. The van der Waals surface area contributed by atoms with Crippen LogP contribution in [0.5, 0.6) is 0 Å². The normalized spacial score (nSPS) is 23.6. The van der Waals surface area contributed by atoms with Gasteiger partial charge in [-0.05, 0) is 39.5 Å². The molecule has 140 valence electrons. The summed E-state index contributed by atoms with van der Waals surface area (Å²) in [5.41, 5.74) is 0. The standard InChI is InChI=1S/C16H26N4O3S2/c1-4-11(2)19(14-7-8-25(22,23)10-14)15(21)9-24-16-18-17-12(3)20(16)13-5-6-13/h11,13-14H,4-10H2,1-3H3/t11-,14-/m0/s1. The molecule has 2 heterocycles. The third kappa shape index (κ3) is 4.19. The second kappa shape index (κ2) is 7.26. The van der Waals surface area contributed by atoms with Crippen LogP contribution in [0.3, 0.4) is 0 Å². The molecule has 25 heavy (non-hydrogen) atoms. The Morgan fingerprint density at radius 1 is 1.36 bits per heavy atom. The highest BCUT2D eigenvalue weighted by Crippen LogP contribution is 2.38. The summed E-state index contributed by atoms with van der Waals surface area (Å²) in [6.07, 6.45) is 3.63. The van der Waals surface area contributed by atoms with E-state index in [1.807, 2.05) is 20.8 Å². The van der Waals surface area contributed by atoms with E-state index >= 15 is 0 Å². The lowest BCUT2D eigenvalue weighted by Crippen LogP contribution is -2.47. The Morgan fingerprint density at radius 3 is 2.64 bits per heavy atom. The second-order valence-corrected chi connectivity index (χ2v) is 10.2. The minimum atomic E-state index is -3.02. The number of carbonyl (C=O) groups is 1. The van der Waals surface area contributed by atoms with Crippen LogP contribution in [0.25, 0.3) is 0 Å². The Labute approximate surface area is 153 Å². The van der Waals surface area contributed by atoms with Gasteiger partial charge in [-0.1, -0.05) is 18.7 Å². The van der Waals surface area contributed by atoms with Gasteiger partial charge in [0.15, 0.2) is 15.0 Å². The van der Waals surface area contributed by atoms with Gasteiger partial charge < -0.3 is 9.47 Å². The summed E-state index contributed by atoms with van der Waals surface area (Å²) in [6.45, 7) is 5.95. The van der Waals surface area contributed by atoms with E-state index in [9.17, 15) is 13.2 Å². The molecule has 9 heteroatoms. The van der Waals surface area contributed by atoms with Crippen LogP contribution in [-0.2, 0) is 14.6 Å². The van der Waals surface area contributed by atoms with Crippen LogP contribution in [0.4, 0.5) is 0 Å². The van der Waals surface area contributed by atoms with E-state index in [-0.39, 0.29) is 35.2 Å². The van der Waals surface area contributed by atoms with E-state index in [1.165, 1.54) is 11.8 Å². The van der Waals surface area contributed by atoms with Crippen LogP contribution >= 0.6 is 11.8 Å². The Hall–Kier alpha value is -1.09. The Balaban J connectivity index is 1.68. The van der Waals surface area contributed by atoms with Gasteiger partial charge in [-0.2, -0.15) is 0 Å².